The number of hydrogen-bond acceptors (Lipinski definition) is 16. The van der Waals surface area contributed by atoms with Crippen molar-refractivity contribution in [3.8, 4) is 11.1 Å². The van der Waals surface area contributed by atoms with Crippen LogP contribution in [0.1, 0.15) is 189 Å². The molecule has 6 N–H and O–H groups in total. The Morgan fingerprint density at radius 3 is 1.42 bits per heavy atom. The molecule has 1 heterocycles. The van der Waals surface area contributed by atoms with E-state index in [2.05, 4.69) is 26.6 Å². The predicted octanol–water partition coefficient (Wildman–Crippen LogP) is 6.29. The summed E-state index contributed by atoms with van der Waals surface area (Å²) in [7, 11) is 11.3. The van der Waals surface area contributed by atoms with Gasteiger partial charge in [0.05, 0.1) is 19.5 Å². The summed E-state index contributed by atoms with van der Waals surface area (Å²) in [5, 5.41) is 23.7. The zero-order chi connectivity index (χ0) is 89.4. The predicted molar refractivity (Wildman–Crippen MR) is 454 cm³/mol. The van der Waals surface area contributed by atoms with E-state index in [1.54, 1.807) is 35.2 Å². The first-order valence-corrected chi connectivity index (χ1v) is 42.4. The van der Waals surface area contributed by atoms with E-state index in [-0.39, 0.29) is 74.2 Å². The molecule has 0 spiro atoms. The fourth-order valence-electron chi connectivity index (χ4n) is 16.0. The quantitative estimate of drug-likeness (QED) is 0.0363. The first kappa shape index (κ1) is 98.3. The van der Waals surface area contributed by atoms with Crippen LogP contribution < -0.4 is 26.6 Å². The number of carbonyl (C=O) groups excluding carboxylic acids is 14. The average Bonchev–Trinajstić information content (AvgIpc) is 1.63. The number of piperidine rings is 1. The lowest BCUT2D eigenvalue weighted by Gasteiger charge is -2.41. The highest BCUT2D eigenvalue weighted by Crippen LogP contribution is 2.45. The Hall–Kier alpha value is -10.5. The van der Waals surface area contributed by atoms with Gasteiger partial charge in [0.15, 0.2) is 0 Å². The molecule has 31 nitrogen and oxygen atoms in total. The van der Waals surface area contributed by atoms with Gasteiger partial charge in [-0.05, 0) is 143 Å². The molecule has 1 aliphatic heterocycles. The number of nitrogens with one attached hydrogen (secondary N) is 5. The highest BCUT2D eigenvalue weighted by Gasteiger charge is 2.45. The molecule has 14 amide bonds. The third-order valence-electron chi connectivity index (χ3n) is 23.6. The lowest BCUT2D eigenvalue weighted by Crippen LogP contribution is -2.61. The summed E-state index contributed by atoms with van der Waals surface area (Å²) in [6.45, 7) is 20.4. The van der Waals surface area contributed by atoms with Crippen molar-refractivity contribution >= 4 is 88.9 Å². The van der Waals surface area contributed by atoms with Gasteiger partial charge >= 0.3 is 12.1 Å². The molecule has 1 saturated heterocycles. The number of carbonyl (C=O) groups is 15. The number of fused-ring (bicyclic) bond motifs is 3. The van der Waals surface area contributed by atoms with Gasteiger partial charge in [-0.25, -0.2) is 4.79 Å². The standard InChI is InChI=1S/C89H134N14O17/c1-53(2)44-68(93-80(110)60(12)98(16)89(119)120-52-67-65-40-30-28-38-63(65)64-39-29-31-41-66(64)67)83(113)95(13)51-75(105)96(14)59(11)79(109)94-70(46-55(5)6)85(115)100(18)72(48-61-34-24-21-25-35-61)86(116)97(15)58(10)78(108)90-50-74(104)92-69(45-54(3)4)84(114)99(17)71(47-56(7)8)81(111)91-57(9)82(112)102(20)77(62-36-26-22-27-37-62)88(118)101(19)73(49-76(106)107)87(117)103-42-32-23-33-43-103/h21,24-25,28-31,34-35,38-41,53-60,62,67-73,77H,22-23,26-27,32-33,36-37,42-52H2,1-20H3,(H,90,108)(H,91,111)(H,92,104)(H,93,110)(H,94,109)(H,106,107)/t57-,58-,59-,60-,68-,69-,70-,71-,72-,73-,77-/m0/s1. The second kappa shape index (κ2) is 45.8. The molecule has 2 aliphatic carbocycles. The number of likely N-dealkylation sites (N-methyl/N-ethyl adjacent to an activating group) is 8. The van der Waals surface area contributed by atoms with Gasteiger partial charge in [-0.2, -0.15) is 0 Å². The summed E-state index contributed by atoms with van der Waals surface area (Å²) in [6, 6.07) is 11.4. The summed E-state index contributed by atoms with van der Waals surface area (Å²) in [5.74, 6) is -11.0. The molecule has 0 unspecified atom stereocenters. The van der Waals surface area contributed by atoms with E-state index < -0.39 is 175 Å². The van der Waals surface area contributed by atoms with Crippen molar-refractivity contribution in [2.24, 2.45) is 29.6 Å². The molecule has 3 aromatic rings. The molecule has 0 aromatic heterocycles. The van der Waals surface area contributed by atoms with Gasteiger partial charge in [0, 0.05) is 81.8 Å². The van der Waals surface area contributed by atoms with E-state index in [4.69, 9.17) is 4.74 Å². The van der Waals surface area contributed by atoms with Crippen molar-refractivity contribution in [1.29, 1.82) is 0 Å². The SMILES string of the molecule is CC(C)C[C@H](NC(=O)[C@H](C)N(C)C(=O)OCC1c2ccccc2-c2ccccc21)C(=O)N(C)CC(=O)N(C)[C@@H](C)C(=O)N[C@@H](CC(C)C)C(=O)N(C)[C@@H](Cc1ccccc1)C(=O)N(C)[C@@H](C)C(=O)NCC(=O)N[C@@H](CC(C)C)C(=O)N(C)[C@@H](CC(C)C)C(=O)N[C@@H](C)C(=O)N(C)[C@H](C(=O)N(C)[C@@H](CC(=O)O)C(=O)N1CCCCC1)C1CCCCC1. The number of carboxylic acids is 1. The van der Waals surface area contributed by atoms with E-state index in [1.165, 1.54) is 98.8 Å². The van der Waals surface area contributed by atoms with Crippen LogP contribution in [0.5, 0.6) is 0 Å². The van der Waals surface area contributed by atoms with Crippen LogP contribution in [-0.4, -0.2) is 294 Å². The van der Waals surface area contributed by atoms with Gasteiger partial charge in [0.25, 0.3) is 0 Å². The van der Waals surface area contributed by atoms with Crippen LogP contribution in [0, 0.1) is 29.6 Å². The minimum atomic E-state index is -1.32. The van der Waals surface area contributed by atoms with Crippen molar-refractivity contribution < 1.29 is 81.8 Å². The summed E-state index contributed by atoms with van der Waals surface area (Å²) in [5.41, 5.74) is 4.81. The monoisotopic (exact) mass is 1670 g/mol. The van der Waals surface area contributed by atoms with Crippen molar-refractivity contribution in [3.05, 3.63) is 95.6 Å². The molecular weight excluding hydrogens is 1540 g/mol. The van der Waals surface area contributed by atoms with Gasteiger partial charge in [0.2, 0.25) is 76.8 Å². The number of nitrogens with zero attached hydrogens (tertiary/aromatic N) is 9. The second-order valence-corrected chi connectivity index (χ2v) is 34.7. The first-order chi connectivity index (χ1) is 56.5. The number of rotatable bonds is 41. The van der Waals surface area contributed by atoms with Crippen LogP contribution in [0.2, 0.25) is 0 Å². The molecule has 6 rings (SSSR count). The molecule has 0 radical (unpaired) electrons. The molecule has 662 valence electrons. The number of hydrogen-bond donors (Lipinski definition) is 6. The Bertz CT molecular complexity index is 4030. The van der Waals surface area contributed by atoms with Gasteiger partial charge in [0.1, 0.15) is 73.1 Å². The van der Waals surface area contributed by atoms with Gasteiger partial charge in [-0.15, -0.1) is 0 Å². The second-order valence-electron chi connectivity index (χ2n) is 34.7. The van der Waals surface area contributed by atoms with Gasteiger partial charge < -0.3 is 75.6 Å². The lowest BCUT2D eigenvalue weighted by atomic mass is 9.82. The smallest absolute Gasteiger partial charge is 0.410 e. The molecule has 0 bridgehead atoms. The van der Waals surface area contributed by atoms with Crippen molar-refractivity contribution in [1.82, 2.24) is 70.7 Å². The van der Waals surface area contributed by atoms with E-state index in [9.17, 15) is 77.0 Å². The van der Waals surface area contributed by atoms with E-state index in [0.29, 0.717) is 31.5 Å². The highest BCUT2D eigenvalue weighted by atomic mass is 16.6. The Morgan fingerprint density at radius 2 is 0.900 bits per heavy atom. The Balaban J connectivity index is 1.07. The Morgan fingerprint density at radius 1 is 0.442 bits per heavy atom. The van der Waals surface area contributed by atoms with Crippen LogP contribution >= 0.6 is 0 Å². The zero-order valence-corrected chi connectivity index (χ0v) is 74.3. The van der Waals surface area contributed by atoms with Crippen molar-refractivity contribution in [2.75, 3.05) is 89.2 Å². The van der Waals surface area contributed by atoms with E-state index in [0.717, 1.165) is 85.3 Å². The minimum absolute atomic E-state index is 0.0296. The average molecular weight is 1670 g/mol. The molecule has 1 saturated carbocycles. The fraction of sp³-hybridized carbons (Fsp3) is 0.629. The number of benzene rings is 3. The zero-order valence-electron chi connectivity index (χ0n) is 74.3. The maximum Gasteiger partial charge on any atom is 0.410 e. The topological polar surface area (TPSA) is 375 Å². The largest absolute Gasteiger partial charge is 0.481 e. The first-order valence-electron chi connectivity index (χ1n) is 42.4. The minimum Gasteiger partial charge on any atom is -0.481 e. The summed E-state index contributed by atoms with van der Waals surface area (Å²) >= 11 is 0. The number of ether oxygens (including phenoxy) is 1. The molecule has 120 heavy (non-hydrogen) atoms. The number of aliphatic carboxylic acids is 1. The van der Waals surface area contributed by atoms with Crippen LogP contribution in [-0.2, 0) is 78.3 Å². The Labute approximate surface area is 708 Å². The van der Waals surface area contributed by atoms with Crippen LogP contribution in [0.25, 0.3) is 11.1 Å². The van der Waals surface area contributed by atoms with Gasteiger partial charge in [-0.1, -0.05) is 154 Å². The third kappa shape index (κ3) is 26.8. The fourth-order valence-corrected chi connectivity index (χ4v) is 16.0. The van der Waals surface area contributed by atoms with Crippen LogP contribution in [0.4, 0.5) is 4.79 Å². The number of carboxylic acid groups (broad SMARTS) is 1. The highest BCUT2D eigenvalue weighted by molar-refractivity contribution is 6.00. The van der Waals surface area contributed by atoms with Gasteiger partial charge in [-0.3, -0.25) is 72.0 Å². The van der Waals surface area contributed by atoms with Crippen LogP contribution in [0.3, 0.4) is 0 Å². The summed E-state index contributed by atoms with van der Waals surface area (Å²) in [4.78, 5) is 224. The summed E-state index contributed by atoms with van der Waals surface area (Å²) < 4.78 is 5.81. The Kier molecular flexibility index (Phi) is 37.5. The number of amides is 14. The van der Waals surface area contributed by atoms with Crippen LogP contribution in [0.15, 0.2) is 78.9 Å². The molecular formula is C89H134N14O17. The molecule has 31 heteroatoms. The van der Waals surface area contributed by atoms with Crippen molar-refractivity contribution in [2.45, 2.75) is 245 Å². The molecule has 2 fully saturated rings. The normalized spacial score (nSPS) is 16.2. The van der Waals surface area contributed by atoms with E-state index in [1.807, 2.05) is 104 Å². The molecule has 3 aliphatic rings. The number of likely N-dealkylation sites (tertiary alicyclic amines) is 1. The molecule has 11 atom stereocenters. The maximum absolute atomic E-state index is 15.0. The van der Waals surface area contributed by atoms with Crippen molar-refractivity contribution in [3.63, 3.8) is 0 Å². The van der Waals surface area contributed by atoms with E-state index >= 15 is 0 Å². The maximum atomic E-state index is 15.0. The lowest BCUT2D eigenvalue weighted by molar-refractivity contribution is -0.156. The summed E-state index contributed by atoms with van der Waals surface area (Å²) in [6.07, 6.45) is 5.18. The molecule has 3 aromatic carbocycles. The third-order valence-corrected chi connectivity index (χ3v) is 23.6.